The second-order valence-corrected chi connectivity index (χ2v) is 5.14. The molecule has 0 amide bonds. The van der Waals surface area contributed by atoms with Crippen molar-refractivity contribution in [2.24, 2.45) is 5.41 Å². The maximum atomic E-state index is 5.61. The SMILES string of the molecule is CCn1ncnc1CC1(CNCCOC)CCOC1. The van der Waals surface area contributed by atoms with Crippen LogP contribution in [0.1, 0.15) is 19.2 Å². The number of hydrogen-bond acceptors (Lipinski definition) is 5. The minimum absolute atomic E-state index is 0.147. The van der Waals surface area contributed by atoms with E-state index in [-0.39, 0.29) is 5.41 Å². The van der Waals surface area contributed by atoms with E-state index in [2.05, 4.69) is 22.3 Å². The van der Waals surface area contributed by atoms with Crippen LogP contribution in [-0.4, -0.2) is 54.8 Å². The molecule has 1 aliphatic rings. The summed E-state index contributed by atoms with van der Waals surface area (Å²) < 4.78 is 12.6. The Morgan fingerprint density at radius 2 is 2.47 bits per heavy atom. The number of nitrogens with one attached hydrogen (secondary N) is 1. The first-order valence-corrected chi connectivity index (χ1v) is 6.94. The zero-order valence-corrected chi connectivity index (χ0v) is 11.9. The Balaban J connectivity index is 1.95. The quantitative estimate of drug-likeness (QED) is 0.695. The summed E-state index contributed by atoms with van der Waals surface area (Å²) in [6.07, 6.45) is 3.63. The van der Waals surface area contributed by atoms with Gasteiger partial charge in [-0.15, -0.1) is 0 Å². The zero-order chi connectivity index (χ0) is 13.6. The standard InChI is InChI=1S/C13H24N4O2/c1-3-17-12(15-11-16-17)8-13(4-6-19-10-13)9-14-5-7-18-2/h11,14H,3-10H2,1-2H3. The number of ether oxygens (including phenoxy) is 2. The molecule has 0 bridgehead atoms. The van der Waals surface area contributed by atoms with Gasteiger partial charge in [0, 0.05) is 45.2 Å². The molecule has 0 radical (unpaired) electrons. The highest BCUT2D eigenvalue weighted by Crippen LogP contribution is 2.31. The van der Waals surface area contributed by atoms with Crippen LogP contribution in [0.5, 0.6) is 0 Å². The van der Waals surface area contributed by atoms with E-state index in [1.165, 1.54) is 0 Å². The van der Waals surface area contributed by atoms with E-state index in [0.717, 1.165) is 58.1 Å². The lowest BCUT2D eigenvalue weighted by molar-refractivity contribution is 0.143. The fraction of sp³-hybridized carbons (Fsp3) is 0.846. The second-order valence-electron chi connectivity index (χ2n) is 5.14. The molecule has 1 unspecified atom stereocenters. The third kappa shape index (κ3) is 3.75. The van der Waals surface area contributed by atoms with Gasteiger partial charge in [0.25, 0.3) is 0 Å². The number of nitrogens with zero attached hydrogens (tertiary/aromatic N) is 3. The number of aromatic nitrogens is 3. The lowest BCUT2D eigenvalue weighted by Gasteiger charge is -2.27. The van der Waals surface area contributed by atoms with Gasteiger partial charge >= 0.3 is 0 Å². The molecular formula is C13H24N4O2. The molecule has 0 saturated carbocycles. The Labute approximate surface area is 114 Å². The van der Waals surface area contributed by atoms with Crippen molar-refractivity contribution >= 4 is 0 Å². The van der Waals surface area contributed by atoms with Crippen LogP contribution >= 0.6 is 0 Å². The summed E-state index contributed by atoms with van der Waals surface area (Å²) in [5.41, 5.74) is 0.147. The summed E-state index contributed by atoms with van der Waals surface area (Å²) >= 11 is 0. The smallest absolute Gasteiger partial charge is 0.138 e. The second kappa shape index (κ2) is 6.98. The van der Waals surface area contributed by atoms with E-state index in [0.29, 0.717) is 0 Å². The zero-order valence-electron chi connectivity index (χ0n) is 11.9. The van der Waals surface area contributed by atoms with Gasteiger partial charge in [-0.1, -0.05) is 0 Å². The van der Waals surface area contributed by atoms with Crippen molar-refractivity contribution < 1.29 is 9.47 Å². The summed E-state index contributed by atoms with van der Waals surface area (Å²) in [7, 11) is 1.72. The van der Waals surface area contributed by atoms with Gasteiger partial charge in [-0.25, -0.2) is 4.98 Å². The molecule has 0 spiro atoms. The molecule has 2 rings (SSSR count). The largest absolute Gasteiger partial charge is 0.383 e. The summed E-state index contributed by atoms with van der Waals surface area (Å²) in [5, 5.41) is 7.70. The predicted molar refractivity (Wildman–Crippen MR) is 72.0 cm³/mol. The van der Waals surface area contributed by atoms with Crippen molar-refractivity contribution in [2.75, 3.05) is 40.0 Å². The topological polar surface area (TPSA) is 61.2 Å². The van der Waals surface area contributed by atoms with E-state index in [1.54, 1.807) is 13.4 Å². The van der Waals surface area contributed by atoms with E-state index in [1.807, 2.05) is 4.68 Å². The number of methoxy groups -OCH3 is 1. The monoisotopic (exact) mass is 268 g/mol. The Kier molecular flexibility index (Phi) is 5.30. The van der Waals surface area contributed by atoms with E-state index in [4.69, 9.17) is 9.47 Å². The molecule has 6 nitrogen and oxygen atoms in total. The first-order valence-electron chi connectivity index (χ1n) is 6.94. The third-order valence-corrected chi connectivity index (χ3v) is 3.70. The summed E-state index contributed by atoms with van der Waals surface area (Å²) in [4.78, 5) is 4.38. The van der Waals surface area contributed by atoms with Gasteiger partial charge in [0.2, 0.25) is 0 Å². The minimum atomic E-state index is 0.147. The molecule has 1 aliphatic heterocycles. The molecule has 1 atom stereocenters. The summed E-state index contributed by atoms with van der Waals surface area (Å²) in [6.45, 7) is 7.14. The van der Waals surface area contributed by atoms with Gasteiger partial charge in [-0.3, -0.25) is 4.68 Å². The highest BCUT2D eigenvalue weighted by molar-refractivity contribution is 4.97. The van der Waals surface area contributed by atoms with Gasteiger partial charge in [0.1, 0.15) is 12.2 Å². The average molecular weight is 268 g/mol. The van der Waals surface area contributed by atoms with Crippen LogP contribution in [0.4, 0.5) is 0 Å². The molecule has 6 heteroatoms. The Bertz CT molecular complexity index is 374. The molecule has 1 aromatic rings. The van der Waals surface area contributed by atoms with Crippen molar-refractivity contribution in [3.63, 3.8) is 0 Å². The first kappa shape index (κ1) is 14.4. The maximum absolute atomic E-state index is 5.61. The van der Waals surface area contributed by atoms with Crippen LogP contribution in [0.15, 0.2) is 6.33 Å². The van der Waals surface area contributed by atoms with Crippen molar-refractivity contribution in [2.45, 2.75) is 26.3 Å². The van der Waals surface area contributed by atoms with Crippen molar-refractivity contribution in [3.8, 4) is 0 Å². The van der Waals surface area contributed by atoms with Crippen molar-refractivity contribution in [1.29, 1.82) is 0 Å². The molecular weight excluding hydrogens is 244 g/mol. The number of hydrogen-bond donors (Lipinski definition) is 1. The third-order valence-electron chi connectivity index (χ3n) is 3.70. The van der Waals surface area contributed by atoms with Gasteiger partial charge in [0.15, 0.2) is 0 Å². The molecule has 1 fully saturated rings. The van der Waals surface area contributed by atoms with Crippen LogP contribution < -0.4 is 5.32 Å². The van der Waals surface area contributed by atoms with Crippen LogP contribution in [0.2, 0.25) is 0 Å². The normalized spacial score (nSPS) is 23.1. The highest BCUT2D eigenvalue weighted by Gasteiger charge is 2.36. The van der Waals surface area contributed by atoms with E-state index in [9.17, 15) is 0 Å². The van der Waals surface area contributed by atoms with E-state index >= 15 is 0 Å². The Morgan fingerprint density at radius 3 is 3.16 bits per heavy atom. The van der Waals surface area contributed by atoms with Gasteiger partial charge in [-0.05, 0) is 13.3 Å². The fourth-order valence-corrected chi connectivity index (χ4v) is 2.54. The molecule has 1 aromatic heterocycles. The van der Waals surface area contributed by atoms with Crippen LogP contribution in [0, 0.1) is 5.41 Å². The molecule has 1 saturated heterocycles. The molecule has 1 N–H and O–H groups in total. The molecule has 0 aromatic carbocycles. The predicted octanol–water partition coefficient (Wildman–Crippen LogP) is 0.483. The van der Waals surface area contributed by atoms with Gasteiger partial charge < -0.3 is 14.8 Å². The van der Waals surface area contributed by atoms with Crippen molar-refractivity contribution in [1.82, 2.24) is 20.1 Å². The Morgan fingerprint density at radius 1 is 1.58 bits per heavy atom. The van der Waals surface area contributed by atoms with Gasteiger partial charge in [0.05, 0.1) is 13.2 Å². The van der Waals surface area contributed by atoms with Crippen LogP contribution in [-0.2, 0) is 22.4 Å². The molecule has 0 aliphatic carbocycles. The van der Waals surface area contributed by atoms with E-state index < -0.39 is 0 Å². The van der Waals surface area contributed by atoms with Crippen LogP contribution in [0.3, 0.4) is 0 Å². The summed E-state index contributed by atoms with van der Waals surface area (Å²) in [5.74, 6) is 1.06. The summed E-state index contributed by atoms with van der Waals surface area (Å²) in [6, 6.07) is 0. The average Bonchev–Trinajstić information content (AvgIpc) is 3.05. The maximum Gasteiger partial charge on any atom is 0.138 e. The first-order chi connectivity index (χ1) is 9.29. The minimum Gasteiger partial charge on any atom is -0.383 e. The van der Waals surface area contributed by atoms with Crippen molar-refractivity contribution in [3.05, 3.63) is 12.2 Å². The molecule has 108 valence electrons. The lowest BCUT2D eigenvalue weighted by Crippen LogP contribution is -2.38. The van der Waals surface area contributed by atoms with Crippen LogP contribution in [0.25, 0.3) is 0 Å². The highest BCUT2D eigenvalue weighted by atomic mass is 16.5. The Hall–Kier alpha value is -0.980. The van der Waals surface area contributed by atoms with Gasteiger partial charge in [-0.2, -0.15) is 5.10 Å². The fourth-order valence-electron chi connectivity index (χ4n) is 2.54. The lowest BCUT2D eigenvalue weighted by atomic mass is 9.83. The number of rotatable bonds is 8. The number of aryl methyl sites for hydroxylation is 1. The molecule has 2 heterocycles. The molecule has 19 heavy (non-hydrogen) atoms.